The van der Waals surface area contributed by atoms with Crippen LogP contribution in [0.3, 0.4) is 0 Å². The third-order valence-corrected chi connectivity index (χ3v) is 3.52. The van der Waals surface area contributed by atoms with Crippen molar-refractivity contribution in [3.05, 3.63) is 48.4 Å². The molecule has 19 heavy (non-hydrogen) atoms. The van der Waals surface area contributed by atoms with Crippen molar-refractivity contribution >= 4 is 27.4 Å². The Balaban J connectivity index is 2.54. The summed E-state index contributed by atoms with van der Waals surface area (Å²) in [5, 5.41) is 3.16. The lowest BCUT2D eigenvalue weighted by atomic mass is 10.0. The first kappa shape index (κ1) is 11.9. The highest BCUT2D eigenvalue weighted by atomic mass is 19.1. The van der Waals surface area contributed by atoms with Crippen molar-refractivity contribution in [2.45, 2.75) is 0 Å². The van der Waals surface area contributed by atoms with Gasteiger partial charge in [0.05, 0.1) is 16.5 Å². The van der Waals surface area contributed by atoms with Gasteiger partial charge in [-0.05, 0) is 18.2 Å². The summed E-state index contributed by atoms with van der Waals surface area (Å²) in [4.78, 5) is 2.08. The van der Waals surface area contributed by atoms with E-state index in [9.17, 15) is 4.39 Å². The van der Waals surface area contributed by atoms with Crippen molar-refractivity contribution < 1.29 is 8.96 Å². The molecule has 96 valence electrons. The Labute approximate surface area is 111 Å². The van der Waals surface area contributed by atoms with E-state index >= 15 is 0 Å². The van der Waals surface area contributed by atoms with E-state index in [2.05, 4.69) is 17.2 Å². The fraction of sp³-hybridized carbons (Fsp3) is 0.188. The van der Waals surface area contributed by atoms with Gasteiger partial charge in [0.1, 0.15) is 12.9 Å². The monoisotopic (exact) mass is 255 g/mol. The number of hydrogen-bond donors (Lipinski definition) is 0. The fourth-order valence-corrected chi connectivity index (χ4v) is 2.61. The molecule has 0 fully saturated rings. The third kappa shape index (κ3) is 1.82. The van der Waals surface area contributed by atoms with Crippen molar-refractivity contribution in [2.75, 3.05) is 19.0 Å². The second-order valence-electron chi connectivity index (χ2n) is 5.03. The molecule has 0 amide bonds. The zero-order valence-corrected chi connectivity index (χ0v) is 11.3. The maximum atomic E-state index is 13.5. The number of rotatable bonds is 1. The molecule has 3 aromatic rings. The summed E-state index contributed by atoms with van der Waals surface area (Å²) in [5.74, 6) is -0.199. The topological polar surface area (TPSA) is 7.12 Å². The summed E-state index contributed by atoms with van der Waals surface area (Å²) in [7, 11) is 6.03. The first-order valence-corrected chi connectivity index (χ1v) is 6.26. The Morgan fingerprint density at radius 1 is 1.00 bits per heavy atom. The maximum absolute atomic E-state index is 13.5. The molecule has 0 atom stereocenters. The highest BCUT2D eigenvalue weighted by Gasteiger charge is 2.14. The summed E-state index contributed by atoms with van der Waals surface area (Å²) < 4.78 is 15.6. The van der Waals surface area contributed by atoms with Gasteiger partial charge in [-0.15, -0.1) is 0 Å². The van der Waals surface area contributed by atoms with Crippen LogP contribution in [0.4, 0.5) is 10.1 Å². The molecule has 0 N–H and O–H groups in total. The van der Waals surface area contributed by atoms with E-state index in [1.54, 1.807) is 6.07 Å². The van der Waals surface area contributed by atoms with E-state index in [4.69, 9.17) is 0 Å². The van der Waals surface area contributed by atoms with E-state index in [1.807, 2.05) is 43.9 Å². The lowest BCUT2D eigenvalue weighted by Crippen LogP contribution is -2.28. The number of hydrogen-bond acceptors (Lipinski definition) is 1. The van der Waals surface area contributed by atoms with Gasteiger partial charge in [-0.1, -0.05) is 12.1 Å². The summed E-state index contributed by atoms with van der Waals surface area (Å²) in [6.07, 6.45) is 2.10. The van der Waals surface area contributed by atoms with Crippen molar-refractivity contribution in [3.63, 3.8) is 0 Å². The Morgan fingerprint density at radius 3 is 2.53 bits per heavy atom. The van der Waals surface area contributed by atoms with Crippen LogP contribution in [-0.4, -0.2) is 14.1 Å². The molecule has 2 aromatic carbocycles. The molecule has 3 rings (SSSR count). The van der Waals surface area contributed by atoms with Gasteiger partial charge in [0.2, 0.25) is 5.52 Å². The van der Waals surface area contributed by atoms with Crippen LogP contribution in [0.5, 0.6) is 0 Å². The summed E-state index contributed by atoms with van der Waals surface area (Å²) >= 11 is 0. The van der Waals surface area contributed by atoms with Crippen LogP contribution in [0.15, 0.2) is 42.6 Å². The number of nitrogens with zero attached hydrogens (tertiary/aromatic N) is 2. The summed E-state index contributed by atoms with van der Waals surface area (Å²) in [5.41, 5.74) is 2.17. The van der Waals surface area contributed by atoms with Gasteiger partial charge in [0.15, 0.2) is 6.20 Å². The highest BCUT2D eigenvalue weighted by molar-refractivity contribution is 6.08. The van der Waals surface area contributed by atoms with Crippen LogP contribution in [0, 0.1) is 5.82 Å². The minimum absolute atomic E-state index is 0.199. The molecule has 0 aliphatic heterocycles. The smallest absolute Gasteiger partial charge is 0.213 e. The average Bonchev–Trinajstić information content (AvgIpc) is 2.38. The molecule has 2 nitrogen and oxygen atoms in total. The van der Waals surface area contributed by atoms with Crippen LogP contribution in [0.1, 0.15) is 0 Å². The molecule has 0 aliphatic rings. The third-order valence-electron chi connectivity index (χ3n) is 3.52. The standard InChI is InChI=1S/C16H16FN2/c1-18(2)15-6-4-5-12-13-9-11(17)7-8-16(13)19(3)10-14(12)15/h4-10H,1-3H3/q+1. The van der Waals surface area contributed by atoms with Crippen LogP contribution in [-0.2, 0) is 7.05 Å². The molecule has 1 aromatic heterocycles. The van der Waals surface area contributed by atoms with Gasteiger partial charge in [-0.25, -0.2) is 8.96 Å². The van der Waals surface area contributed by atoms with Gasteiger partial charge in [-0.3, -0.25) is 0 Å². The molecule has 0 saturated heterocycles. The number of benzene rings is 2. The molecule has 1 heterocycles. The highest BCUT2D eigenvalue weighted by Crippen LogP contribution is 2.29. The molecule has 3 heteroatoms. The predicted octanol–water partition coefficient (Wildman–Crippen LogP) is 3.02. The molecule has 0 aliphatic carbocycles. The normalized spacial score (nSPS) is 11.2. The van der Waals surface area contributed by atoms with E-state index in [1.165, 1.54) is 6.07 Å². The Bertz CT molecular complexity index is 778. The zero-order valence-electron chi connectivity index (χ0n) is 11.3. The molecule has 0 bridgehead atoms. The van der Waals surface area contributed by atoms with Crippen molar-refractivity contribution in [1.29, 1.82) is 0 Å². The first-order valence-electron chi connectivity index (χ1n) is 6.26. The second-order valence-corrected chi connectivity index (χ2v) is 5.03. The lowest BCUT2D eigenvalue weighted by Gasteiger charge is -2.15. The van der Waals surface area contributed by atoms with Crippen molar-refractivity contribution in [2.24, 2.45) is 7.05 Å². The molecule has 0 unspecified atom stereocenters. The Morgan fingerprint density at radius 2 is 1.79 bits per heavy atom. The number of pyridine rings is 1. The minimum Gasteiger partial charge on any atom is -0.377 e. The van der Waals surface area contributed by atoms with Gasteiger partial charge < -0.3 is 4.90 Å². The molecule has 0 radical (unpaired) electrons. The van der Waals surface area contributed by atoms with E-state index < -0.39 is 0 Å². The van der Waals surface area contributed by atoms with Crippen molar-refractivity contribution in [1.82, 2.24) is 0 Å². The van der Waals surface area contributed by atoms with Crippen molar-refractivity contribution in [3.8, 4) is 0 Å². The quantitative estimate of drug-likeness (QED) is 0.479. The number of anilines is 1. The van der Waals surface area contributed by atoms with E-state index in [0.717, 1.165) is 27.4 Å². The molecule has 0 saturated carbocycles. The first-order chi connectivity index (χ1) is 9.08. The largest absolute Gasteiger partial charge is 0.377 e. The van der Waals surface area contributed by atoms with Gasteiger partial charge >= 0.3 is 0 Å². The predicted molar refractivity (Wildman–Crippen MR) is 76.9 cm³/mol. The van der Waals surface area contributed by atoms with Crippen LogP contribution in [0.25, 0.3) is 21.7 Å². The second kappa shape index (κ2) is 4.19. The van der Waals surface area contributed by atoms with E-state index in [0.29, 0.717) is 0 Å². The summed E-state index contributed by atoms with van der Waals surface area (Å²) in [6, 6.07) is 11.1. The molecule has 0 spiro atoms. The Kier molecular flexibility index (Phi) is 2.63. The minimum atomic E-state index is -0.199. The van der Waals surface area contributed by atoms with Crippen LogP contribution in [0.2, 0.25) is 0 Å². The number of fused-ring (bicyclic) bond motifs is 3. The van der Waals surface area contributed by atoms with Crippen LogP contribution < -0.4 is 9.47 Å². The van der Waals surface area contributed by atoms with Gasteiger partial charge in [0.25, 0.3) is 0 Å². The average molecular weight is 255 g/mol. The SMILES string of the molecule is CN(C)c1cccc2c1c[n+](C)c1ccc(F)cc21. The number of halogens is 1. The lowest BCUT2D eigenvalue weighted by molar-refractivity contribution is -0.643. The maximum Gasteiger partial charge on any atom is 0.213 e. The summed E-state index contributed by atoms with van der Waals surface area (Å²) in [6.45, 7) is 0. The molecular formula is C16H16FN2+. The number of aromatic nitrogens is 1. The number of aryl methyl sites for hydroxylation is 1. The van der Waals surface area contributed by atoms with E-state index in [-0.39, 0.29) is 5.82 Å². The molecular weight excluding hydrogens is 239 g/mol. The Hall–Kier alpha value is -2.16. The van der Waals surface area contributed by atoms with Gasteiger partial charge in [-0.2, -0.15) is 0 Å². The zero-order chi connectivity index (χ0) is 13.6. The van der Waals surface area contributed by atoms with Gasteiger partial charge in [0, 0.05) is 25.5 Å². The fourth-order valence-electron chi connectivity index (χ4n) is 2.61. The van der Waals surface area contributed by atoms with Crippen LogP contribution >= 0.6 is 0 Å².